The van der Waals surface area contributed by atoms with Gasteiger partial charge in [-0.1, -0.05) is 0 Å². The zero-order chi connectivity index (χ0) is 16.9. The van der Waals surface area contributed by atoms with Gasteiger partial charge in [0, 0.05) is 29.8 Å². The van der Waals surface area contributed by atoms with Crippen LogP contribution in [0.5, 0.6) is 11.5 Å². The van der Waals surface area contributed by atoms with Crippen LogP contribution in [0.3, 0.4) is 0 Å². The van der Waals surface area contributed by atoms with Crippen molar-refractivity contribution in [1.82, 2.24) is 15.6 Å². The quantitative estimate of drug-likeness (QED) is 0.678. The molecule has 2 heterocycles. The summed E-state index contributed by atoms with van der Waals surface area (Å²) in [4.78, 5) is 15.3. The van der Waals surface area contributed by atoms with Crippen molar-refractivity contribution >= 4 is 16.8 Å². The first-order valence-corrected chi connectivity index (χ1v) is 8.46. The molecule has 1 atom stereocenters. The lowest BCUT2D eigenvalue weighted by Gasteiger charge is -2.10. The van der Waals surface area contributed by atoms with Crippen molar-refractivity contribution in [3.8, 4) is 11.5 Å². The number of fused-ring (bicyclic) bond motifs is 1. The molecule has 0 spiro atoms. The third-order valence-corrected chi connectivity index (χ3v) is 4.48. The summed E-state index contributed by atoms with van der Waals surface area (Å²) in [7, 11) is 3.31. The zero-order valence-corrected chi connectivity index (χ0v) is 14.3. The first kappa shape index (κ1) is 16.6. The third-order valence-electron chi connectivity index (χ3n) is 4.48. The van der Waals surface area contributed by atoms with Crippen molar-refractivity contribution < 1.29 is 14.3 Å². The molecule has 3 rings (SSSR count). The summed E-state index contributed by atoms with van der Waals surface area (Å²) >= 11 is 0. The van der Waals surface area contributed by atoms with Gasteiger partial charge in [0.15, 0.2) is 0 Å². The third kappa shape index (κ3) is 3.64. The Morgan fingerprint density at radius 3 is 2.88 bits per heavy atom. The minimum atomic E-state index is -0.00481. The molecule has 1 aromatic carbocycles. The zero-order valence-electron chi connectivity index (χ0n) is 14.3. The maximum atomic E-state index is 11.9. The van der Waals surface area contributed by atoms with Crippen molar-refractivity contribution in [1.29, 1.82) is 0 Å². The largest absolute Gasteiger partial charge is 0.497 e. The molecule has 24 heavy (non-hydrogen) atoms. The number of aromatic amines is 1. The Kier molecular flexibility index (Phi) is 5.25. The molecule has 0 bridgehead atoms. The van der Waals surface area contributed by atoms with E-state index in [4.69, 9.17) is 9.47 Å². The van der Waals surface area contributed by atoms with E-state index < -0.39 is 0 Å². The Hall–Kier alpha value is -2.21. The Labute approximate surface area is 141 Å². The molecule has 1 saturated heterocycles. The molecule has 1 unspecified atom stereocenters. The summed E-state index contributed by atoms with van der Waals surface area (Å²) in [6.07, 6.45) is 3.79. The van der Waals surface area contributed by atoms with Crippen molar-refractivity contribution in [2.45, 2.75) is 31.7 Å². The number of aromatic nitrogens is 1. The molecule has 6 heteroatoms. The van der Waals surface area contributed by atoms with Crippen LogP contribution < -0.4 is 20.1 Å². The monoisotopic (exact) mass is 331 g/mol. The van der Waals surface area contributed by atoms with Gasteiger partial charge in [-0.25, -0.2) is 0 Å². The number of carbonyl (C=O) groups is 1. The molecule has 1 amide bonds. The number of hydrogen-bond donors (Lipinski definition) is 3. The summed E-state index contributed by atoms with van der Waals surface area (Å²) in [5.41, 5.74) is 2.13. The van der Waals surface area contributed by atoms with Crippen LogP contribution in [-0.2, 0) is 11.2 Å². The van der Waals surface area contributed by atoms with Gasteiger partial charge in [0.25, 0.3) is 0 Å². The minimum absolute atomic E-state index is 0.00481. The van der Waals surface area contributed by atoms with Gasteiger partial charge in [0.1, 0.15) is 11.5 Å². The van der Waals surface area contributed by atoms with Gasteiger partial charge >= 0.3 is 0 Å². The highest BCUT2D eigenvalue weighted by Crippen LogP contribution is 2.31. The van der Waals surface area contributed by atoms with Crippen LogP contribution in [0.1, 0.15) is 25.0 Å². The molecule has 3 N–H and O–H groups in total. The molecule has 0 radical (unpaired) electrons. The summed E-state index contributed by atoms with van der Waals surface area (Å²) in [6.45, 7) is 1.63. The highest BCUT2D eigenvalue weighted by atomic mass is 16.5. The lowest BCUT2D eigenvalue weighted by molar-refractivity contribution is -0.122. The molecule has 1 aromatic heterocycles. The number of carbonyl (C=O) groups excluding carboxylic acids is 1. The number of benzene rings is 1. The van der Waals surface area contributed by atoms with E-state index >= 15 is 0 Å². The molecular weight excluding hydrogens is 306 g/mol. The first-order valence-electron chi connectivity index (χ1n) is 8.46. The highest BCUT2D eigenvalue weighted by molar-refractivity contribution is 5.88. The molecule has 1 aliphatic heterocycles. The number of methoxy groups -OCH3 is 2. The molecule has 0 saturated carbocycles. The van der Waals surface area contributed by atoms with E-state index in [1.807, 2.05) is 12.1 Å². The fourth-order valence-corrected chi connectivity index (χ4v) is 3.18. The van der Waals surface area contributed by atoms with Gasteiger partial charge in [-0.2, -0.15) is 0 Å². The van der Waals surface area contributed by atoms with Crippen LogP contribution in [0.4, 0.5) is 0 Å². The standard InChI is InChI=1S/C18H25N3O3/c1-23-13-10-16-14(17(11-13)24-2)9-12(21-16)5-3-8-20-18(22)15-6-4-7-19-15/h9-11,15,19,21H,3-8H2,1-2H3,(H,20,22). The van der Waals surface area contributed by atoms with Gasteiger partial charge in [0.05, 0.1) is 25.8 Å². The van der Waals surface area contributed by atoms with Crippen LogP contribution in [0.2, 0.25) is 0 Å². The average Bonchev–Trinajstić information content (AvgIpc) is 3.26. The predicted octanol–water partition coefficient (Wildman–Crippen LogP) is 1.99. The smallest absolute Gasteiger partial charge is 0.237 e. The normalized spacial score (nSPS) is 17.2. The Balaban J connectivity index is 1.56. The summed E-state index contributed by atoms with van der Waals surface area (Å²) in [6, 6.07) is 5.95. The number of nitrogens with one attached hydrogen (secondary N) is 3. The number of hydrogen-bond acceptors (Lipinski definition) is 4. The van der Waals surface area contributed by atoms with Crippen LogP contribution in [-0.4, -0.2) is 44.2 Å². The maximum Gasteiger partial charge on any atom is 0.237 e. The van der Waals surface area contributed by atoms with E-state index in [1.54, 1.807) is 14.2 Å². The summed E-state index contributed by atoms with van der Waals surface area (Å²) < 4.78 is 10.7. The first-order chi connectivity index (χ1) is 11.7. The van der Waals surface area contributed by atoms with Gasteiger partial charge in [-0.05, 0) is 38.3 Å². The van der Waals surface area contributed by atoms with Crippen LogP contribution >= 0.6 is 0 Å². The van der Waals surface area contributed by atoms with Crippen molar-refractivity contribution in [3.63, 3.8) is 0 Å². The van der Waals surface area contributed by atoms with Crippen LogP contribution in [0.25, 0.3) is 10.9 Å². The number of H-pyrrole nitrogens is 1. The number of amides is 1. The van der Waals surface area contributed by atoms with Gasteiger partial charge < -0.3 is 25.1 Å². The van der Waals surface area contributed by atoms with E-state index in [1.165, 1.54) is 0 Å². The summed E-state index contributed by atoms with van der Waals surface area (Å²) in [5, 5.41) is 7.27. The van der Waals surface area contributed by atoms with Crippen molar-refractivity contribution in [2.24, 2.45) is 0 Å². The number of rotatable bonds is 7. The topological polar surface area (TPSA) is 75.4 Å². The SMILES string of the molecule is COc1cc(OC)c2cc(CCCNC(=O)C3CCCN3)[nH]c2c1. The van der Waals surface area contributed by atoms with Crippen molar-refractivity contribution in [2.75, 3.05) is 27.3 Å². The predicted molar refractivity (Wildman–Crippen MR) is 93.8 cm³/mol. The Morgan fingerprint density at radius 2 is 2.17 bits per heavy atom. The van der Waals surface area contributed by atoms with Crippen LogP contribution in [0, 0.1) is 0 Å². The second kappa shape index (κ2) is 7.57. The Bertz CT molecular complexity index is 705. The molecular formula is C18H25N3O3. The molecule has 0 aliphatic carbocycles. The molecule has 1 aliphatic rings. The molecule has 2 aromatic rings. The fourth-order valence-electron chi connectivity index (χ4n) is 3.18. The second-order valence-corrected chi connectivity index (χ2v) is 6.13. The van der Waals surface area contributed by atoms with Gasteiger partial charge in [-0.3, -0.25) is 4.79 Å². The molecule has 130 valence electrons. The van der Waals surface area contributed by atoms with Crippen molar-refractivity contribution in [3.05, 3.63) is 23.9 Å². The lowest BCUT2D eigenvalue weighted by atomic mass is 10.2. The maximum absolute atomic E-state index is 11.9. The van der Waals surface area contributed by atoms with Crippen LogP contribution in [0.15, 0.2) is 18.2 Å². The van der Waals surface area contributed by atoms with Gasteiger partial charge in [0.2, 0.25) is 5.91 Å². The Morgan fingerprint density at radius 1 is 1.29 bits per heavy atom. The van der Waals surface area contributed by atoms with E-state index in [0.29, 0.717) is 6.54 Å². The van der Waals surface area contributed by atoms with Gasteiger partial charge in [-0.15, -0.1) is 0 Å². The highest BCUT2D eigenvalue weighted by Gasteiger charge is 2.21. The molecule has 6 nitrogen and oxygen atoms in total. The van der Waals surface area contributed by atoms with E-state index in [0.717, 1.165) is 60.3 Å². The fraction of sp³-hybridized carbons (Fsp3) is 0.500. The lowest BCUT2D eigenvalue weighted by Crippen LogP contribution is -2.40. The second-order valence-electron chi connectivity index (χ2n) is 6.13. The summed E-state index contributed by atoms with van der Waals surface area (Å²) in [5.74, 6) is 1.69. The number of aryl methyl sites for hydroxylation is 1. The number of ether oxygens (including phenoxy) is 2. The van der Waals surface area contributed by atoms with E-state index in [2.05, 4.69) is 21.7 Å². The van der Waals surface area contributed by atoms with E-state index in [9.17, 15) is 4.79 Å². The average molecular weight is 331 g/mol. The molecule has 1 fully saturated rings. The van der Waals surface area contributed by atoms with E-state index in [-0.39, 0.29) is 11.9 Å². The minimum Gasteiger partial charge on any atom is -0.497 e.